The maximum absolute atomic E-state index is 13.5. The number of aryl methyl sites for hydroxylation is 2. The van der Waals surface area contributed by atoms with Gasteiger partial charge >= 0.3 is 11.5 Å². The SMILES string of the molecule is Cn1c(=O)oc2ccc(CNC(=O)c3cc(C(=O)N[C@H]4CCc5cc(-c6noc(=O)[nH]6)ccc54)n4nncc4n3)cc21. The van der Waals surface area contributed by atoms with Gasteiger partial charge in [-0.1, -0.05) is 28.6 Å². The highest BCUT2D eigenvalue weighted by Gasteiger charge is 2.27. The quantitative estimate of drug-likeness (QED) is 0.264. The number of benzene rings is 2. The molecule has 210 valence electrons. The van der Waals surface area contributed by atoms with Crippen molar-refractivity contribution in [3.8, 4) is 11.4 Å². The molecule has 6 aromatic rings. The van der Waals surface area contributed by atoms with Crippen molar-refractivity contribution in [1.29, 1.82) is 0 Å². The second kappa shape index (κ2) is 9.65. The molecule has 3 N–H and O–H groups in total. The van der Waals surface area contributed by atoms with Gasteiger partial charge in [-0.3, -0.25) is 23.7 Å². The Bertz CT molecular complexity index is 2150. The molecule has 0 radical (unpaired) electrons. The lowest BCUT2D eigenvalue weighted by molar-refractivity contribution is 0.0928. The smallest absolute Gasteiger partial charge is 0.408 e. The summed E-state index contributed by atoms with van der Waals surface area (Å²) in [6.45, 7) is 0.156. The first-order valence-corrected chi connectivity index (χ1v) is 12.9. The number of fused-ring (bicyclic) bond motifs is 3. The average molecular weight is 568 g/mol. The van der Waals surface area contributed by atoms with Gasteiger partial charge in [-0.05, 0) is 47.7 Å². The first-order chi connectivity index (χ1) is 20.3. The monoisotopic (exact) mass is 567 g/mol. The van der Waals surface area contributed by atoms with Gasteiger partial charge in [0.05, 0.1) is 17.8 Å². The van der Waals surface area contributed by atoms with Gasteiger partial charge in [0, 0.05) is 25.2 Å². The largest absolute Gasteiger partial charge is 0.439 e. The molecule has 15 nitrogen and oxygen atoms in total. The summed E-state index contributed by atoms with van der Waals surface area (Å²) in [5.74, 6) is -1.73. The van der Waals surface area contributed by atoms with Crippen molar-refractivity contribution >= 4 is 28.6 Å². The lowest BCUT2D eigenvalue weighted by Gasteiger charge is -2.15. The van der Waals surface area contributed by atoms with Gasteiger partial charge in [0.25, 0.3) is 11.8 Å². The van der Waals surface area contributed by atoms with Gasteiger partial charge in [0.15, 0.2) is 17.1 Å². The molecule has 4 aromatic heterocycles. The van der Waals surface area contributed by atoms with Crippen LogP contribution in [0.1, 0.15) is 50.1 Å². The summed E-state index contributed by atoms with van der Waals surface area (Å²) >= 11 is 0. The lowest BCUT2D eigenvalue weighted by atomic mass is 10.0. The van der Waals surface area contributed by atoms with Gasteiger partial charge in [-0.2, -0.15) is 4.52 Å². The number of amides is 2. The fourth-order valence-corrected chi connectivity index (χ4v) is 5.16. The van der Waals surface area contributed by atoms with Crippen LogP contribution in [0.25, 0.3) is 28.1 Å². The van der Waals surface area contributed by atoms with E-state index in [1.165, 1.54) is 21.3 Å². The van der Waals surface area contributed by atoms with E-state index in [1.54, 1.807) is 31.3 Å². The molecule has 1 aliphatic rings. The second-order valence-electron chi connectivity index (χ2n) is 9.86. The summed E-state index contributed by atoms with van der Waals surface area (Å²) in [4.78, 5) is 56.5. The van der Waals surface area contributed by atoms with Crippen LogP contribution in [-0.2, 0) is 20.0 Å². The van der Waals surface area contributed by atoms with Crippen LogP contribution in [-0.4, -0.2) is 46.3 Å². The minimum atomic E-state index is -0.635. The Morgan fingerprint density at radius 3 is 2.83 bits per heavy atom. The summed E-state index contributed by atoms with van der Waals surface area (Å²) in [5, 5.41) is 17.4. The average Bonchev–Trinajstić information content (AvgIpc) is 3.79. The third kappa shape index (κ3) is 4.32. The zero-order chi connectivity index (χ0) is 29.0. The molecular formula is C27H21N9O6. The number of nitrogens with zero attached hydrogens (tertiary/aromatic N) is 6. The van der Waals surface area contributed by atoms with E-state index in [0.29, 0.717) is 35.3 Å². The van der Waals surface area contributed by atoms with Crippen molar-refractivity contribution in [3.05, 3.63) is 97.8 Å². The minimum absolute atomic E-state index is 0.0183. The third-order valence-electron chi connectivity index (χ3n) is 7.28. The fraction of sp³-hybridized carbons (Fsp3) is 0.185. The third-order valence-corrected chi connectivity index (χ3v) is 7.28. The number of hydrogen-bond acceptors (Lipinski definition) is 10. The molecule has 1 aliphatic carbocycles. The number of rotatable bonds is 6. The van der Waals surface area contributed by atoms with Gasteiger partial charge < -0.3 is 15.1 Å². The first kappa shape index (κ1) is 25.1. The molecule has 2 aromatic carbocycles. The van der Waals surface area contributed by atoms with Crippen molar-refractivity contribution in [3.63, 3.8) is 0 Å². The number of aromatic nitrogens is 7. The highest BCUT2D eigenvalue weighted by molar-refractivity contribution is 5.98. The van der Waals surface area contributed by atoms with E-state index in [9.17, 15) is 19.2 Å². The molecule has 4 heterocycles. The van der Waals surface area contributed by atoms with Gasteiger partial charge in [0.2, 0.25) is 0 Å². The highest BCUT2D eigenvalue weighted by atomic mass is 16.5. The lowest BCUT2D eigenvalue weighted by Crippen LogP contribution is -2.30. The molecule has 2 amide bonds. The van der Waals surface area contributed by atoms with Crippen LogP contribution >= 0.6 is 0 Å². The van der Waals surface area contributed by atoms with Crippen LogP contribution in [0.15, 0.2) is 67.2 Å². The van der Waals surface area contributed by atoms with Crippen molar-refractivity contribution in [2.24, 2.45) is 7.05 Å². The Hall–Kier alpha value is -5.86. The molecule has 0 spiro atoms. The zero-order valence-electron chi connectivity index (χ0n) is 22.0. The Morgan fingerprint density at radius 1 is 1.12 bits per heavy atom. The van der Waals surface area contributed by atoms with Gasteiger partial charge in [-0.25, -0.2) is 14.6 Å². The summed E-state index contributed by atoms with van der Waals surface area (Å²) in [6, 6.07) is 11.8. The van der Waals surface area contributed by atoms with Crippen molar-refractivity contribution in [1.82, 2.24) is 45.2 Å². The number of H-pyrrole nitrogens is 1. The van der Waals surface area contributed by atoms with Crippen LogP contribution in [0.2, 0.25) is 0 Å². The van der Waals surface area contributed by atoms with E-state index < -0.39 is 23.3 Å². The van der Waals surface area contributed by atoms with Crippen molar-refractivity contribution < 1.29 is 18.5 Å². The number of nitrogens with one attached hydrogen (secondary N) is 3. The van der Waals surface area contributed by atoms with E-state index in [2.05, 4.69) is 40.6 Å². The van der Waals surface area contributed by atoms with Gasteiger partial charge in [0.1, 0.15) is 11.4 Å². The summed E-state index contributed by atoms with van der Waals surface area (Å²) < 4.78 is 12.4. The zero-order valence-corrected chi connectivity index (χ0v) is 22.0. The van der Waals surface area contributed by atoms with Crippen LogP contribution < -0.4 is 22.1 Å². The summed E-state index contributed by atoms with van der Waals surface area (Å²) in [6.07, 6.45) is 2.73. The molecular weight excluding hydrogens is 546 g/mol. The Labute approximate surface area is 234 Å². The van der Waals surface area contributed by atoms with Crippen LogP contribution in [0.4, 0.5) is 0 Å². The molecule has 7 rings (SSSR count). The predicted molar refractivity (Wildman–Crippen MR) is 144 cm³/mol. The topological polar surface area (TPSA) is 195 Å². The summed E-state index contributed by atoms with van der Waals surface area (Å²) in [5.41, 5.74) is 4.81. The maximum atomic E-state index is 13.5. The molecule has 1 atom stereocenters. The van der Waals surface area contributed by atoms with Crippen molar-refractivity contribution in [2.45, 2.75) is 25.4 Å². The standard InChI is InChI=1S/C27H21N9O6/c1-35-19-8-13(2-7-21(19)41-27(35)40)11-28-24(37)18-10-20(36-22(30-18)12-29-34-36)25(38)31-17-6-4-14-9-15(3-5-16(14)17)23-32-26(39)42-33-23/h2-3,5,7-10,12,17H,4,6,11H2,1H3,(H,28,37)(H,31,38)(H,32,33,39)/t17-/m0/s1. The van der Waals surface area contributed by atoms with E-state index in [0.717, 1.165) is 16.7 Å². The molecule has 0 bridgehead atoms. The molecule has 0 saturated carbocycles. The second-order valence-corrected chi connectivity index (χ2v) is 9.86. The fourth-order valence-electron chi connectivity index (χ4n) is 5.16. The maximum Gasteiger partial charge on any atom is 0.439 e. The Balaban J connectivity index is 1.10. The van der Waals surface area contributed by atoms with Crippen molar-refractivity contribution in [2.75, 3.05) is 0 Å². The molecule has 0 fully saturated rings. The highest BCUT2D eigenvalue weighted by Crippen LogP contribution is 2.33. The molecule has 42 heavy (non-hydrogen) atoms. The normalized spacial score (nSPS) is 14.4. The number of carbonyl (C=O) groups excluding carboxylic acids is 2. The number of hydrogen-bond donors (Lipinski definition) is 3. The minimum Gasteiger partial charge on any atom is -0.408 e. The molecule has 0 aliphatic heterocycles. The van der Waals surface area contributed by atoms with E-state index in [1.807, 2.05) is 12.1 Å². The molecule has 0 unspecified atom stereocenters. The number of carbonyl (C=O) groups is 2. The number of aromatic amines is 1. The van der Waals surface area contributed by atoms with Crippen LogP contribution in [0, 0.1) is 0 Å². The Kier molecular flexibility index (Phi) is 5.78. The molecule has 15 heteroatoms. The summed E-state index contributed by atoms with van der Waals surface area (Å²) in [7, 11) is 1.60. The van der Waals surface area contributed by atoms with E-state index in [-0.39, 0.29) is 29.6 Å². The molecule has 0 saturated heterocycles. The van der Waals surface area contributed by atoms with E-state index in [4.69, 9.17) is 4.42 Å². The van der Waals surface area contributed by atoms with Crippen LogP contribution in [0.3, 0.4) is 0 Å². The Morgan fingerprint density at radius 2 is 2.00 bits per heavy atom. The van der Waals surface area contributed by atoms with Crippen LogP contribution in [0.5, 0.6) is 0 Å². The predicted octanol–water partition coefficient (Wildman–Crippen LogP) is 1.26. The van der Waals surface area contributed by atoms with E-state index >= 15 is 0 Å². The number of oxazole rings is 1. The van der Waals surface area contributed by atoms with Gasteiger partial charge in [-0.15, -0.1) is 5.10 Å². The first-order valence-electron chi connectivity index (χ1n) is 12.9.